The van der Waals surface area contributed by atoms with E-state index in [1.807, 2.05) is 6.20 Å². The number of rotatable bonds is 5. The Labute approximate surface area is 124 Å². The molecule has 0 aliphatic heterocycles. The highest BCUT2D eigenvalue weighted by molar-refractivity contribution is 9.10. The van der Waals surface area contributed by atoms with E-state index in [1.165, 1.54) is 37.7 Å². The zero-order valence-corrected chi connectivity index (χ0v) is 13.1. The Kier molecular flexibility index (Phi) is 5.79. The quantitative estimate of drug-likeness (QED) is 0.903. The second kappa shape index (κ2) is 7.36. The second-order valence-electron chi connectivity index (χ2n) is 5.48. The van der Waals surface area contributed by atoms with E-state index in [4.69, 9.17) is 10.5 Å². The van der Waals surface area contributed by atoms with Gasteiger partial charge in [-0.15, -0.1) is 0 Å². The normalized spacial score (nSPS) is 20.2. The third kappa shape index (κ3) is 4.26. The van der Waals surface area contributed by atoms with E-state index in [-0.39, 0.29) is 12.1 Å². The van der Waals surface area contributed by atoms with Crippen LogP contribution < -0.4 is 5.73 Å². The van der Waals surface area contributed by atoms with Crippen LogP contribution in [0.25, 0.3) is 0 Å². The number of aromatic nitrogens is 1. The van der Waals surface area contributed by atoms with Crippen LogP contribution in [0.4, 0.5) is 0 Å². The first-order valence-electron chi connectivity index (χ1n) is 7.08. The molecule has 19 heavy (non-hydrogen) atoms. The van der Waals surface area contributed by atoms with Gasteiger partial charge in [0.05, 0.1) is 6.10 Å². The molecule has 0 spiro atoms. The number of hydrogen-bond donors (Lipinski definition) is 1. The standard InChI is InChI=1S/C15H23BrN2O/c1-19-15(12-5-3-2-4-6-12)14(17)8-11-7-13(16)10-18-9-11/h7,9-10,12,14-15H,2-6,8,17H2,1H3. The molecule has 2 unspecified atom stereocenters. The van der Waals surface area contributed by atoms with Crippen LogP contribution in [0.5, 0.6) is 0 Å². The van der Waals surface area contributed by atoms with Crippen molar-refractivity contribution in [3.05, 3.63) is 28.5 Å². The van der Waals surface area contributed by atoms with Gasteiger partial charge in [0.2, 0.25) is 0 Å². The average molecular weight is 327 g/mol. The van der Waals surface area contributed by atoms with Crippen molar-refractivity contribution < 1.29 is 4.74 Å². The van der Waals surface area contributed by atoms with Crippen LogP contribution in [-0.2, 0) is 11.2 Å². The van der Waals surface area contributed by atoms with Crippen LogP contribution >= 0.6 is 15.9 Å². The van der Waals surface area contributed by atoms with Gasteiger partial charge in [0.15, 0.2) is 0 Å². The summed E-state index contributed by atoms with van der Waals surface area (Å²) in [7, 11) is 1.79. The van der Waals surface area contributed by atoms with Crippen molar-refractivity contribution in [2.75, 3.05) is 7.11 Å². The van der Waals surface area contributed by atoms with Gasteiger partial charge >= 0.3 is 0 Å². The molecular weight excluding hydrogens is 304 g/mol. The van der Waals surface area contributed by atoms with Crippen molar-refractivity contribution in [2.24, 2.45) is 11.7 Å². The maximum absolute atomic E-state index is 6.37. The minimum absolute atomic E-state index is 0.0456. The molecule has 0 aromatic carbocycles. The van der Waals surface area contributed by atoms with Gasteiger partial charge in [0, 0.05) is 30.0 Å². The maximum atomic E-state index is 6.37. The lowest BCUT2D eigenvalue weighted by Gasteiger charge is -2.33. The SMILES string of the molecule is COC(C(N)Cc1cncc(Br)c1)C1CCCCC1. The molecule has 3 nitrogen and oxygen atoms in total. The van der Waals surface area contributed by atoms with Gasteiger partial charge in [0.1, 0.15) is 0 Å². The largest absolute Gasteiger partial charge is 0.380 e. The first-order chi connectivity index (χ1) is 9.20. The number of nitrogens with two attached hydrogens (primary N) is 1. The van der Waals surface area contributed by atoms with Crippen LogP contribution in [0, 0.1) is 5.92 Å². The molecule has 2 atom stereocenters. The van der Waals surface area contributed by atoms with Gasteiger partial charge < -0.3 is 10.5 Å². The molecule has 1 aromatic heterocycles. The molecule has 0 bridgehead atoms. The molecule has 1 saturated carbocycles. The summed E-state index contributed by atoms with van der Waals surface area (Å²) in [5.41, 5.74) is 7.54. The van der Waals surface area contributed by atoms with Crippen LogP contribution in [0.1, 0.15) is 37.7 Å². The predicted molar refractivity (Wildman–Crippen MR) is 81.0 cm³/mol. The van der Waals surface area contributed by atoms with Crippen LogP contribution in [-0.4, -0.2) is 24.2 Å². The van der Waals surface area contributed by atoms with Crippen molar-refractivity contribution in [1.82, 2.24) is 4.98 Å². The summed E-state index contributed by atoms with van der Waals surface area (Å²) in [5, 5.41) is 0. The number of nitrogens with zero attached hydrogens (tertiary/aromatic N) is 1. The fourth-order valence-electron chi connectivity index (χ4n) is 3.14. The monoisotopic (exact) mass is 326 g/mol. The van der Waals surface area contributed by atoms with E-state index >= 15 is 0 Å². The lowest BCUT2D eigenvalue weighted by molar-refractivity contribution is 0.0178. The summed E-state index contributed by atoms with van der Waals surface area (Å²) in [4.78, 5) is 4.19. The molecular formula is C15H23BrN2O. The predicted octanol–water partition coefficient (Wildman–Crippen LogP) is 3.31. The minimum Gasteiger partial charge on any atom is -0.380 e. The fraction of sp³-hybridized carbons (Fsp3) is 0.667. The van der Waals surface area contributed by atoms with Crippen molar-refractivity contribution in [3.63, 3.8) is 0 Å². The Morgan fingerprint density at radius 2 is 2.11 bits per heavy atom. The average Bonchev–Trinajstić information content (AvgIpc) is 2.41. The molecule has 2 N–H and O–H groups in total. The summed E-state index contributed by atoms with van der Waals surface area (Å²) < 4.78 is 6.70. The summed E-state index contributed by atoms with van der Waals surface area (Å²) in [6.45, 7) is 0. The molecule has 0 amide bonds. The van der Waals surface area contributed by atoms with Crippen LogP contribution in [0.2, 0.25) is 0 Å². The Balaban J connectivity index is 1.97. The topological polar surface area (TPSA) is 48.1 Å². The summed E-state index contributed by atoms with van der Waals surface area (Å²) in [6, 6.07) is 2.13. The molecule has 0 radical (unpaired) electrons. The van der Waals surface area contributed by atoms with Gasteiger partial charge in [-0.1, -0.05) is 19.3 Å². The molecule has 1 heterocycles. The van der Waals surface area contributed by atoms with Crippen molar-refractivity contribution in [1.29, 1.82) is 0 Å². The molecule has 2 rings (SSSR count). The van der Waals surface area contributed by atoms with E-state index in [2.05, 4.69) is 27.0 Å². The molecule has 0 saturated heterocycles. The summed E-state index contributed by atoms with van der Waals surface area (Å²) in [6.07, 6.45) is 11.2. The van der Waals surface area contributed by atoms with E-state index in [0.29, 0.717) is 5.92 Å². The zero-order valence-electron chi connectivity index (χ0n) is 11.5. The number of methoxy groups -OCH3 is 1. The number of halogens is 1. The highest BCUT2D eigenvalue weighted by Crippen LogP contribution is 2.29. The van der Waals surface area contributed by atoms with E-state index in [0.717, 1.165) is 10.9 Å². The molecule has 106 valence electrons. The molecule has 1 aromatic rings. The van der Waals surface area contributed by atoms with Gasteiger partial charge in [-0.2, -0.15) is 0 Å². The lowest BCUT2D eigenvalue weighted by atomic mass is 9.81. The van der Waals surface area contributed by atoms with Crippen LogP contribution in [0.15, 0.2) is 22.9 Å². The van der Waals surface area contributed by atoms with E-state index < -0.39 is 0 Å². The highest BCUT2D eigenvalue weighted by atomic mass is 79.9. The molecule has 4 heteroatoms. The molecule has 1 aliphatic carbocycles. The Hall–Kier alpha value is -0.450. The van der Waals surface area contributed by atoms with Crippen LogP contribution in [0.3, 0.4) is 0 Å². The fourth-order valence-corrected chi connectivity index (χ4v) is 3.55. The van der Waals surface area contributed by atoms with Crippen molar-refractivity contribution in [2.45, 2.75) is 50.7 Å². The third-order valence-electron chi connectivity index (χ3n) is 4.04. The third-order valence-corrected chi connectivity index (χ3v) is 4.48. The molecule has 1 fully saturated rings. The van der Waals surface area contributed by atoms with Crippen molar-refractivity contribution in [3.8, 4) is 0 Å². The van der Waals surface area contributed by atoms with Gasteiger partial charge in [0.25, 0.3) is 0 Å². The number of hydrogen-bond acceptors (Lipinski definition) is 3. The number of pyridine rings is 1. The highest BCUT2D eigenvalue weighted by Gasteiger charge is 2.28. The first kappa shape index (κ1) is 14.9. The van der Waals surface area contributed by atoms with Gasteiger partial charge in [-0.3, -0.25) is 4.98 Å². The van der Waals surface area contributed by atoms with E-state index in [9.17, 15) is 0 Å². The maximum Gasteiger partial charge on any atom is 0.0753 e. The Morgan fingerprint density at radius 1 is 1.37 bits per heavy atom. The second-order valence-corrected chi connectivity index (χ2v) is 6.39. The Morgan fingerprint density at radius 3 is 2.74 bits per heavy atom. The molecule has 1 aliphatic rings. The van der Waals surface area contributed by atoms with Gasteiger partial charge in [-0.05, 0) is 52.7 Å². The number of ether oxygens (including phenoxy) is 1. The van der Waals surface area contributed by atoms with E-state index in [1.54, 1.807) is 13.3 Å². The van der Waals surface area contributed by atoms with Gasteiger partial charge in [-0.25, -0.2) is 0 Å². The smallest absolute Gasteiger partial charge is 0.0753 e. The Bertz CT molecular complexity index is 393. The lowest BCUT2D eigenvalue weighted by Crippen LogP contribution is -2.43. The minimum atomic E-state index is 0.0456. The zero-order chi connectivity index (χ0) is 13.7. The summed E-state index contributed by atoms with van der Waals surface area (Å²) >= 11 is 3.45. The summed E-state index contributed by atoms with van der Waals surface area (Å²) in [5.74, 6) is 0.619. The van der Waals surface area contributed by atoms with Crippen molar-refractivity contribution >= 4 is 15.9 Å². The first-order valence-corrected chi connectivity index (χ1v) is 7.88.